The van der Waals surface area contributed by atoms with Crippen molar-refractivity contribution in [3.8, 4) is 0 Å². The van der Waals surface area contributed by atoms with Crippen LogP contribution >= 0.6 is 7.75 Å². The zero-order chi connectivity index (χ0) is 21.1. The van der Waals surface area contributed by atoms with Crippen LogP contribution in [0.5, 0.6) is 0 Å². The summed E-state index contributed by atoms with van der Waals surface area (Å²) in [6.07, 6.45) is -4.21. The van der Waals surface area contributed by atoms with Crippen molar-refractivity contribution in [1.82, 2.24) is 14.6 Å². The van der Waals surface area contributed by atoms with Crippen molar-refractivity contribution in [2.24, 2.45) is 0 Å². The van der Waals surface area contributed by atoms with E-state index in [1.165, 1.54) is 0 Å². The Balaban J connectivity index is 1.91. The molecule has 1 aliphatic heterocycles. The highest BCUT2D eigenvalue weighted by Crippen LogP contribution is 2.39. The van der Waals surface area contributed by atoms with Crippen LogP contribution in [0.2, 0.25) is 0 Å². The third-order valence-electron chi connectivity index (χ3n) is 3.56. The number of nitrogens with zero attached hydrogens (tertiary/aromatic N) is 2. The quantitative estimate of drug-likeness (QED) is 0.389. The largest absolute Gasteiger partial charge is 0.462 e. The van der Waals surface area contributed by atoms with Crippen molar-refractivity contribution in [3.05, 3.63) is 22.5 Å². The normalized spacial score (nSPS) is 24.3. The summed E-state index contributed by atoms with van der Waals surface area (Å²) in [6.45, 7) is 2.14. The van der Waals surface area contributed by atoms with Crippen molar-refractivity contribution in [2.75, 3.05) is 18.9 Å². The molecule has 2 rings (SSSR count). The number of alkyl halides is 1. The van der Waals surface area contributed by atoms with Crippen LogP contribution in [-0.4, -0.2) is 51.9 Å². The molecule has 4 unspecified atom stereocenters. The number of rotatable bonds is 8. The van der Waals surface area contributed by atoms with Crippen LogP contribution in [0.4, 0.5) is 14.6 Å². The Hall–Kier alpha value is -1.92. The molecule has 14 heteroatoms. The van der Waals surface area contributed by atoms with Crippen molar-refractivity contribution < 1.29 is 37.0 Å². The van der Waals surface area contributed by atoms with Gasteiger partial charge >= 0.3 is 19.4 Å². The van der Waals surface area contributed by atoms with E-state index in [1.54, 1.807) is 13.8 Å². The summed E-state index contributed by atoms with van der Waals surface area (Å²) in [4.78, 5) is 36.0. The Morgan fingerprint density at radius 1 is 1.61 bits per heavy atom. The summed E-state index contributed by atoms with van der Waals surface area (Å²) in [5, 5.41) is 2.00. The Bertz CT molecular complexity index is 821. The minimum absolute atomic E-state index is 0.279. The lowest BCUT2D eigenvalue weighted by molar-refractivity contribution is -0.146. The van der Waals surface area contributed by atoms with Crippen molar-refractivity contribution in [3.63, 3.8) is 0 Å². The van der Waals surface area contributed by atoms with Gasteiger partial charge in [-0.25, -0.2) is 23.2 Å². The molecule has 1 aromatic heterocycles. The third-order valence-corrected chi connectivity index (χ3v) is 4.62. The van der Waals surface area contributed by atoms with Crippen LogP contribution < -0.4 is 16.5 Å². The van der Waals surface area contributed by atoms with Crippen molar-refractivity contribution in [2.45, 2.75) is 44.9 Å². The molecule has 0 aromatic carbocycles. The predicted octanol–water partition coefficient (Wildman–Crippen LogP) is 0.248. The van der Waals surface area contributed by atoms with E-state index in [0.29, 0.717) is 10.8 Å². The number of nitrogens with two attached hydrogens (primary N) is 1. The summed E-state index contributed by atoms with van der Waals surface area (Å²) in [5.41, 5.74) is 4.16. The molecule has 0 aliphatic carbocycles. The van der Waals surface area contributed by atoms with Gasteiger partial charge in [0.05, 0.1) is 25.0 Å². The van der Waals surface area contributed by atoms with Gasteiger partial charge in [0, 0.05) is 6.42 Å². The zero-order valence-electron chi connectivity index (χ0n) is 15.1. The van der Waals surface area contributed by atoms with Gasteiger partial charge in [0.15, 0.2) is 17.9 Å². The topological polar surface area (TPSA) is 155 Å². The number of halogens is 2. The first kappa shape index (κ1) is 22.4. The van der Waals surface area contributed by atoms with E-state index in [2.05, 4.69) is 4.98 Å². The summed E-state index contributed by atoms with van der Waals surface area (Å²) in [6, 6.07) is 0. The molecule has 0 spiro atoms. The van der Waals surface area contributed by atoms with E-state index >= 15 is 0 Å². The number of esters is 1. The minimum atomic E-state index is -4.39. The fourth-order valence-corrected chi connectivity index (χ4v) is 3.18. The summed E-state index contributed by atoms with van der Waals surface area (Å²) >= 11 is 0. The van der Waals surface area contributed by atoms with E-state index < -0.39 is 68.8 Å². The number of hydrogen-bond acceptors (Lipinski definition) is 8. The van der Waals surface area contributed by atoms with Gasteiger partial charge in [0.1, 0.15) is 12.7 Å². The molecule has 0 saturated carbocycles. The van der Waals surface area contributed by atoms with Gasteiger partial charge in [-0.15, -0.1) is 0 Å². The van der Waals surface area contributed by atoms with Gasteiger partial charge in [-0.05, 0) is 13.8 Å². The molecule has 0 bridgehead atoms. The molecule has 1 aliphatic rings. The fourth-order valence-electron chi connectivity index (χ4n) is 2.39. The molecule has 1 saturated heterocycles. The monoisotopic (exact) mass is 426 g/mol. The van der Waals surface area contributed by atoms with Gasteiger partial charge in [-0.3, -0.25) is 13.9 Å². The van der Waals surface area contributed by atoms with Crippen molar-refractivity contribution in [1.29, 1.82) is 0 Å². The number of nitrogens with one attached hydrogen (secondary N) is 1. The standard InChI is InChI=1S/C14H21F2N4O7P/c1-7(2)26-11(21)4-18-28(23,24)25-6-8-3-9(15)13(27-8)20-5-10(16)12(17)19-14(20)22/h5,7-9,13H,3-4,6H2,1-2H3,(H2,17,19,22)(H2,18,23,24). The Morgan fingerprint density at radius 3 is 2.93 bits per heavy atom. The summed E-state index contributed by atoms with van der Waals surface area (Å²) in [7, 11) is -4.39. The molecule has 2 heterocycles. The number of carbonyl (C=O) groups is 1. The molecule has 158 valence electrons. The minimum Gasteiger partial charge on any atom is -0.462 e. The molecule has 28 heavy (non-hydrogen) atoms. The molecule has 4 N–H and O–H groups in total. The van der Waals surface area contributed by atoms with E-state index in [1.807, 2.05) is 5.09 Å². The second-order valence-corrected chi connectivity index (χ2v) is 7.87. The van der Waals surface area contributed by atoms with E-state index in [-0.39, 0.29) is 6.42 Å². The fraction of sp³-hybridized carbons (Fsp3) is 0.643. The Kier molecular flexibility index (Phi) is 7.23. The second kappa shape index (κ2) is 9.05. The molecule has 0 amide bonds. The van der Waals surface area contributed by atoms with Crippen molar-refractivity contribution >= 4 is 19.5 Å². The first-order valence-electron chi connectivity index (χ1n) is 8.24. The number of hydrogen-bond donors (Lipinski definition) is 3. The van der Waals surface area contributed by atoms with Gasteiger partial charge in [0.25, 0.3) is 0 Å². The highest BCUT2D eigenvalue weighted by Gasteiger charge is 2.39. The lowest BCUT2D eigenvalue weighted by Crippen LogP contribution is -2.31. The average Bonchev–Trinajstić information content (AvgIpc) is 2.95. The van der Waals surface area contributed by atoms with Crippen LogP contribution in [-0.2, 0) is 23.4 Å². The summed E-state index contributed by atoms with van der Waals surface area (Å²) < 4.78 is 55.0. The maximum absolute atomic E-state index is 14.2. The first-order chi connectivity index (χ1) is 13.0. The Morgan fingerprint density at radius 2 is 2.29 bits per heavy atom. The van der Waals surface area contributed by atoms with Crippen LogP contribution in [0.1, 0.15) is 26.5 Å². The Labute approximate surface area is 158 Å². The van der Waals surface area contributed by atoms with Crippen LogP contribution in [0.25, 0.3) is 0 Å². The molecule has 4 atom stereocenters. The maximum atomic E-state index is 14.2. The van der Waals surface area contributed by atoms with Gasteiger partial charge < -0.3 is 20.1 Å². The molecule has 1 aromatic rings. The molecule has 11 nitrogen and oxygen atoms in total. The SMILES string of the molecule is CC(C)OC(=O)CNP(=O)(O)OCC1CC(F)C(n2cc(F)c(N)nc2=O)O1. The second-order valence-electron chi connectivity index (χ2n) is 6.25. The molecule has 1 fully saturated rings. The molecular formula is C14H21F2N4O7P. The number of anilines is 1. The van der Waals surface area contributed by atoms with Crippen LogP contribution in [0, 0.1) is 5.82 Å². The smallest absolute Gasteiger partial charge is 0.403 e. The number of ether oxygens (including phenoxy) is 2. The third kappa shape index (κ3) is 6.04. The van der Waals surface area contributed by atoms with E-state index in [0.717, 1.165) is 0 Å². The van der Waals surface area contributed by atoms with Crippen LogP contribution in [0.15, 0.2) is 11.0 Å². The maximum Gasteiger partial charge on any atom is 0.403 e. The van der Waals surface area contributed by atoms with Gasteiger partial charge in [0.2, 0.25) is 0 Å². The lowest BCUT2D eigenvalue weighted by atomic mass is 10.2. The molecule has 0 radical (unpaired) electrons. The van der Waals surface area contributed by atoms with E-state index in [4.69, 9.17) is 19.7 Å². The van der Waals surface area contributed by atoms with Crippen LogP contribution in [0.3, 0.4) is 0 Å². The number of aromatic nitrogens is 2. The number of nitrogen functional groups attached to an aromatic ring is 1. The highest BCUT2D eigenvalue weighted by molar-refractivity contribution is 7.50. The highest BCUT2D eigenvalue weighted by atomic mass is 31.2. The first-order valence-corrected chi connectivity index (χ1v) is 9.82. The summed E-state index contributed by atoms with van der Waals surface area (Å²) in [5.74, 6) is -2.41. The van der Waals surface area contributed by atoms with Gasteiger partial charge in [-0.1, -0.05) is 0 Å². The van der Waals surface area contributed by atoms with Gasteiger partial charge in [-0.2, -0.15) is 4.98 Å². The molecular weight excluding hydrogens is 405 g/mol. The number of carbonyl (C=O) groups excluding carboxylic acids is 1. The van der Waals surface area contributed by atoms with E-state index in [9.17, 15) is 27.8 Å². The predicted molar refractivity (Wildman–Crippen MR) is 91.3 cm³/mol. The lowest BCUT2D eigenvalue weighted by Gasteiger charge is -2.18. The zero-order valence-corrected chi connectivity index (χ0v) is 16.0. The average molecular weight is 426 g/mol.